The fourth-order valence-electron chi connectivity index (χ4n) is 6.26. The molecule has 1 saturated heterocycles. The number of likely N-dealkylation sites (tertiary alicyclic amines) is 1. The van der Waals surface area contributed by atoms with E-state index < -0.39 is 0 Å². The van der Waals surface area contributed by atoms with E-state index in [1.807, 2.05) is 35.8 Å². The summed E-state index contributed by atoms with van der Waals surface area (Å²) in [5.74, 6) is 1.72. The van der Waals surface area contributed by atoms with Crippen molar-refractivity contribution in [1.82, 2.24) is 30.3 Å². The molecule has 0 radical (unpaired) electrons. The van der Waals surface area contributed by atoms with E-state index in [1.165, 1.54) is 10.5 Å². The highest BCUT2D eigenvalue weighted by Gasteiger charge is 2.38. The zero-order valence-electron chi connectivity index (χ0n) is 21.8. The number of benzene rings is 1. The van der Waals surface area contributed by atoms with E-state index in [0.29, 0.717) is 19.0 Å². The molecule has 2 unspecified atom stereocenters. The normalized spacial score (nSPS) is 23.5. The molecule has 2 atom stereocenters. The van der Waals surface area contributed by atoms with E-state index in [-0.39, 0.29) is 11.6 Å². The van der Waals surface area contributed by atoms with E-state index in [4.69, 9.17) is 0 Å². The molecule has 2 aromatic heterocycles. The van der Waals surface area contributed by atoms with Gasteiger partial charge in [0.05, 0.1) is 17.8 Å². The summed E-state index contributed by atoms with van der Waals surface area (Å²) in [6, 6.07) is 12.9. The van der Waals surface area contributed by atoms with Crippen molar-refractivity contribution >= 4 is 17.8 Å². The Hall–Kier alpha value is -2.84. The first-order chi connectivity index (χ1) is 18.0. The van der Waals surface area contributed by atoms with E-state index >= 15 is 0 Å². The van der Waals surface area contributed by atoms with Crippen LogP contribution in [0.15, 0.2) is 47.5 Å². The third-order valence-electron chi connectivity index (χ3n) is 8.37. The fraction of sp³-hybridized carbons (Fsp3) is 0.483. The molecule has 3 aliphatic heterocycles. The van der Waals surface area contributed by atoms with Gasteiger partial charge in [-0.15, -0.1) is 11.8 Å². The minimum absolute atomic E-state index is 0.0502. The molecule has 2 N–H and O–H groups in total. The van der Waals surface area contributed by atoms with Gasteiger partial charge >= 0.3 is 6.03 Å². The molecule has 3 aromatic rings. The molecule has 1 fully saturated rings. The smallest absolute Gasteiger partial charge is 0.318 e. The van der Waals surface area contributed by atoms with Crippen molar-refractivity contribution in [3.05, 3.63) is 65.1 Å². The maximum absolute atomic E-state index is 13.6. The average Bonchev–Trinajstić information content (AvgIpc) is 3.53. The highest BCUT2D eigenvalue weighted by molar-refractivity contribution is 7.99. The number of hydrogen-bond donors (Lipinski definition) is 2. The molecule has 0 aliphatic carbocycles. The molecular formula is C29H36N6OS. The summed E-state index contributed by atoms with van der Waals surface area (Å²) in [4.78, 5) is 23.9. The predicted molar refractivity (Wildman–Crippen MR) is 148 cm³/mol. The third kappa shape index (κ3) is 4.89. The second kappa shape index (κ2) is 10.1. The van der Waals surface area contributed by atoms with Gasteiger partial charge in [0, 0.05) is 71.3 Å². The SMILES string of the molecule is CCC1(NC(=O)N2CCc3[nH]nc(-c4ccnc(C)c4)c3C2)CCCN(CC2CSc3ccccc32)C1. The minimum Gasteiger partial charge on any atom is -0.331 e. The lowest BCUT2D eigenvalue weighted by atomic mass is 9.85. The largest absolute Gasteiger partial charge is 0.331 e. The van der Waals surface area contributed by atoms with Gasteiger partial charge in [-0.3, -0.25) is 10.1 Å². The Labute approximate surface area is 223 Å². The van der Waals surface area contributed by atoms with Crippen LogP contribution in [0.2, 0.25) is 0 Å². The number of aryl methyl sites for hydroxylation is 1. The van der Waals surface area contributed by atoms with Crippen LogP contribution in [0.4, 0.5) is 4.79 Å². The molecule has 6 rings (SSSR count). The van der Waals surface area contributed by atoms with Crippen molar-refractivity contribution in [1.29, 1.82) is 0 Å². The Morgan fingerprint density at radius 1 is 1.27 bits per heavy atom. The van der Waals surface area contributed by atoms with Crippen LogP contribution in [0.1, 0.15) is 54.6 Å². The Balaban J connectivity index is 1.13. The first kappa shape index (κ1) is 24.5. The lowest BCUT2D eigenvalue weighted by Crippen LogP contribution is -2.61. The van der Waals surface area contributed by atoms with Crippen LogP contribution >= 0.6 is 11.8 Å². The van der Waals surface area contributed by atoms with Crippen molar-refractivity contribution in [3.63, 3.8) is 0 Å². The number of nitrogens with zero attached hydrogens (tertiary/aromatic N) is 4. The summed E-state index contributed by atoms with van der Waals surface area (Å²) in [5, 5.41) is 11.3. The number of thioether (sulfide) groups is 1. The van der Waals surface area contributed by atoms with Gasteiger partial charge in [-0.2, -0.15) is 5.10 Å². The second-order valence-electron chi connectivity index (χ2n) is 10.8. The monoisotopic (exact) mass is 516 g/mol. The van der Waals surface area contributed by atoms with E-state index in [9.17, 15) is 4.79 Å². The molecule has 0 bridgehead atoms. The van der Waals surface area contributed by atoms with Crippen LogP contribution in [0.3, 0.4) is 0 Å². The number of nitrogens with one attached hydrogen (secondary N) is 2. The number of urea groups is 1. The number of piperidine rings is 1. The first-order valence-corrected chi connectivity index (χ1v) is 14.5. The van der Waals surface area contributed by atoms with Gasteiger partial charge in [0.15, 0.2) is 0 Å². The molecule has 0 saturated carbocycles. The molecule has 37 heavy (non-hydrogen) atoms. The maximum atomic E-state index is 13.6. The first-order valence-electron chi connectivity index (χ1n) is 13.5. The Kier molecular flexibility index (Phi) is 6.71. The van der Waals surface area contributed by atoms with Crippen molar-refractivity contribution < 1.29 is 4.79 Å². The van der Waals surface area contributed by atoms with Crippen molar-refractivity contribution in [2.45, 2.75) is 62.4 Å². The molecule has 7 nitrogen and oxygen atoms in total. The Morgan fingerprint density at radius 2 is 2.16 bits per heavy atom. The molecule has 194 valence electrons. The zero-order valence-corrected chi connectivity index (χ0v) is 22.6. The highest BCUT2D eigenvalue weighted by Crippen LogP contribution is 2.40. The van der Waals surface area contributed by atoms with Crippen LogP contribution in [0.5, 0.6) is 0 Å². The number of carbonyl (C=O) groups excluding carboxylic acids is 1. The topological polar surface area (TPSA) is 77.1 Å². The highest BCUT2D eigenvalue weighted by atomic mass is 32.2. The van der Waals surface area contributed by atoms with Crippen molar-refractivity contribution in [2.75, 3.05) is 31.9 Å². The maximum Gasteiger partial charge on any atom is 0.318 e. The summed E-state index contributed by atoms with van der Waals surface area (Å²) in [5.41, 5.74) is 6.52. The predicted octanol–water partition coefficient (Wildman–Crippen LogP) is 4.98. The van der Waals surface area contributed by atoms with Gasteiger partial charge in [0.25, 0.3) is 0 Å². The number of rotatable bonds is 5. The summed E-state index contributed by atoms with van der Waals surface area (Å²) in [7, 11) is 0. The van der Waals surface area contributed by atoms with Crippen LogP contribution in [0, 0.1) is 6.92 Å². The molecule has 8 heteroatoms. The Bertz CT molecular complexity index is 1290. The zero-order chi connectivity index (χ0) is 25.4. The molecule has 0 spiro atoms. The van der Waals surface area contributed by atoms with Crippen molar-refractivity contribution in [2.24, 2.45) is 0 Å². The lowest BCUT2D eigenvalue weighted by molar-refractivity contribution is 0.107. The van der Waals surface area contributed by atoms with Gasteiger partial charge in [0.2, 0.25) is 0 Å². The molecule has 2 amide bonds. The summed E-state index contributed by atoms with van der Waals surface area (Å²) < 4.78 is 0. The number of aromatic nitrogens is 3. The van der Waals surface area contributed by atoms with Gasteiger partial charge in [0.1, 0.15) is 0 Å². The van der Waals surface area contributed by atoms with Crippen LogP contribution in [-0.2, 0) is 13.0 Å². The van der Waals surface area contributed by atoms with Gasteiger partial charge in [-0.05, 0) is 56.5 Å². The lowest BCUT2D eigenvalue weighted by Gasteiger charge is -2.44. The molecule has 5 heterocycles. The molecule has 3 aliphatic rings. The number of fused-ring (bicyclic) bond motifs is 2. The number of hydrogen-bond acceptors (Lipinski definition) is 5. The number of carbonyl (C=O) groups is 1. The average molecular weight is 517 g/mol. The quantitative estimate of drug-likeness (QED) is 0.500. The van der Waals surface area contributed by atoms with Gasteiger partial charge in [-0.25, -0.2) is 4.79 Å². The van der Waals surface area contributed by atoms with Gasteiger partial charge in [-0.1, -0.05) is 25.1 Å². The minimum atomic E-state index is -0.178. The van der Waals surface area contributed by atoms with Crippen molar-refractivity contribution in [3.8, 4) is 11.3 Å². The van der Waals surface area contributed by atoms with E-state index in [1.54, 1.807) is 0 Å². The number of H-pyrrole nitrogens is 1. The summed E-state index contributed by atoms with van der Waals surface area (Å²) >= 11 is 1.98. The third-order valence-corrected chi connectivity index (χ3v) is 9.62. The number of pyridine rings is 1. The summed E-state index contributed by atoms with van der Waals surface area (Å²) in [6.45, 7) is 8.59. The second-order valence-corrected chi connectivity index (χ2v) is 11.9. The molecular weight excluding hydrogens is 480 g/mol. The Morgan fingerprint density at radius 3 is 3.03 bits per heavy atom. The number of aromatic amines is 1. The molecule has 1 aromatic carbocycles. The van der Waals surface area contributed by atoms with E-state index in [2.05, 4.69) is 62.7 Å². The fourth-order valence-corrected chi connectivity index (χ4v) is 7.50. The number of amides is 2. The van der Waals surface area contributed by atoms with Crippen LogP contribution in [0.25, 0.3) is 11.3 Å². The summed E-state index contributed by atoms with van der Waals surface area (Å²) in [6.07, 6.45) is 5.71. The van der Waals surface area contributed by atoms with E-state index in [0.717, 1.165) is 79.3 Å². The standard InChI is InChI=1S/C29H36N6OS/c1-3-29(11-6-13-34(19-29)16-22-18-37-26-8-5-4-7-23(22)26)31-28(36)35-14-10-25-24(17-35)27(33-32-25)21-9-12-30-20(2)15-21/h4-5,7-9,12,15,22H,3,6,10-11,13-14,16-19H2,1-2H3,(H,31,36)(H,32,33). The van der Waals surface area contributed by atoms with Crippen LogP contribution in [-0.4, -0.2) is 68.5 Å². The van der Waals surface area contributed by atoms with Crippen LogP contribution < -0.4 is 5.32 Å². The van der Waals surface area contributed by atoms with Gasteiger partial charge < -0.3 is 15.1 Å².